The molecule has 0 fully saturated rings. The average Bonchev–Trinajstić information content (AvgIpc) is 2.84. The lowest BCUT2D eigenvalue weighted by Gasteiger charge is -2.12. The van der Waals surface area contributed by atoms with E-state index in [1.807, 2.05) is 18.2 Å². The second kappa shape index (κ2) is 7.40. The van der Waals surface area contributed by atoms with Gasteiger partial charge in [0.15, 0.2) is 6.61 Å². The Labute approximate surface area is 126 Å². The van der Waals surface area contributed by atoms with Crippen molar-refractivity contribution in [3.8, 4) is 5.75 Å². The molecule has 2 rings (SSSR count). The molecule has 0 bridgehead atoms. The van der Waals surface area contributed by atoms with Crippen molar-refractivity contribution in [2.45, 2.75) is 33.4 Å². The highest BCUT2D eigenvalue weighted by Gasteiger charge is 2.10. The third-order valence-corrected chi connectivity index (χ3v) is 3.33. The van der Waals surface area contributed by atoms with Gasteiger partial charge in [-0.3, -0.25) is 0 Å². The van der Waals surface area contributed by atoms with Crippen molar-refractivity contribution >= 4 is 15.9 Å². The zero-order chi connectivity index (χ0) is 14.4. The maximum atomic E-state index is 5.83. The zero-order valence-corrected chi connectivity index (χ0v) is 13.2. The molecule has 0 amide bonds. The number of nitrogens with one attached hydrogen (secondary N) is 1. The Morgan fingerprint density at radius 1 is 1.40 bits per heavy atom. The predicted octanol–water partition coefficient (Wildman–Crippen LogP) is 3.22. The third-order valence-electron chi connectivity index (χ3n) is 2.71. The molecule has 20 heavy (non-hydrogen) atoms. The van der Waals surface area contributed by atoms with Gasteiger partial charge in [-0.25, -0.2) is 0 Å². The Morgan fingerprint density at radius 2 is 2.25 bits per heavy atom. The normalized spacial score (nSPS) is 10.8. The summed E-state index contributed by atoms with van der Waals surface area (Å²) in [4.78, 5) is 4.13. The third kappa shape index (κ3) is 4.05. The molecule has 0 unspecified atom stereocenters. The molecule has 2 aromatic rings. The van der Waals surface area contributed by atoms with Crippen molar-refractivity contribution in [2.24, 2.45) is 0 Å². The van der Waals surface area contributed by atoms with Gasteiger partial charge in [-0.15, -0.1) is 0 Å². The molecular weight excluding hydrogens is 322 g/mol. The summed E-state index contributed by atoms with van der Waals surface area (Å²) in [6, 6.07) is 6.00. The summed E-state index contributed by atoms with van der Waals surface area (Å²) in [5.41, 5.74) is 1.10. The van der Waals surface area contributed by atoms with Gasteiger partial charge in [0.25, 0.3) is 0 Å². The molecule has 6 heteroatoms. The number of halogens is 1. The van der Waals surface area contributed by atoms with E-state index in [-0.39, 0.29) is 0 Å². The summed E-state index contributed by atoms with van der Waals surface area (Å²) in [6.45, 7) is 5.95. The molecule has 0 atom stereocenters. The first-order valence-electron chi connectivity index (χ1n) is 6.60. The molecular formula is C14H18BrN3O2. The Hall–Kier alpha value is -1.40. The fourth-order valence-electron chi connectivity index (χ4n) is 1.79. The maximum absolute atomic E-state index is 5.83. The summed E-state index contributed by atoms with van der Waals surface area (Å²) >= 11 is 3.52. The molecule has 1 aromatic heterocycles. The first-order valence-corrected chi connectivity index (χ1v) is 7.40. The summed E-state index contributed by atoms with van der Waals surface area (Å²) in [7, 11) is 0. The molecule has 0 aliphatic carbocycles. The first-order chi connectivity index (χ1) is 9.70. The SMILES string of the molecule is CCCNCc1cccc(Br)c1OCc1noc(C)n1. The van der Waals surface area contributed by atoms with Crippen LogP contribution < -0.4 is 10.1 Å². The van der Waals surface area contributed by atoms with Crippen LogP contribution in [0.4, 0.5) is 0 Å². The second-order valence-corrected chi connectivity index (χ2v) is 5.28. The van der Waals surface area contributed by atoms with Crippen LogP contribution in [0.5, 0.6) is 5.75 Å². The van der Waals surface area contributed by atoms with Crippen molar-refractivity contribution in [3.05, 3.63) is 40.0 Å². The highest BCUT2D eigenvalue weighted by atomic mass is 79.9. The number of hydrogen-bond acceptors (Lipinski definition) is 5. The van der Waals surface area contributed by atoms with Crippen molar-refractivity contribution in [3.63, 3.8) is 0 Å². The lowest BCUT2D eigenvalue weighted by Crippen LogP contribution is -2.15. The number of para-hydroxylation sites is 1. The quantitative estimate of drug-likeness (QED) is 0.784. The molecule has 1 heterocycles. The van der Waals surface area contributed by atoms with E-state index in [1.165, 1.54) is 0 Å². The highest BCUT2D eigenvalue weighted by Crippen LogP contribution is 2.29. The summed E-state index contributed by atoms with van der Waals surface area (Å²) in [5, 5.41) is 7.19. The standard InChI is InChI=1S/C14H18BrN3O2/c1-3-7-16-8-11-5-4-6-12(15)14(11)19-9-13-17-10(2)20-18-13/h4-6,16H,3,7-9H2,1-2H3. The molecule has 0 spiro atoms. The molecule has 0 radical (unpaired) electrons. The maximum Gasteiger partial charge on any atom is 0.223 e. The molecule has 1 N–H and O–H groups in total. The van der Waals surface area contributed by atoms with Crippen LogP contribution in [0.3, 0.4) is 0 Å². The number of hydrogen-bond donors (Lipinski definition) is 1. The number of aryl methyl sites for hydroxylation is 1. The van der Waals surface area contributed by atoms with Gasteiger partial charge in [-0.1, -0.05) is 24.2 Å². The number of aromatic nitrogens is 2. The summed E-state index contributed by atoms with van der Waals surface area (Å²) < 4.78 is 11.7. The Morgan fingerprint density at radius 3 is 2.95 bits per heavy atom. The topological polar surface area (TPSA) is 60.2 Å². The summed E-state index contributed by atoms with van der Waals surface area (Å²) in [5.74, 6) is 1.91. The monoisotopic (exact) mass is 339 g/mol. The van der Waals surface area contributed by atoms with Crippen LogP contribution in [-0.4, -0.2) is 16.7 Å². The van der Waals surface area contributed by atoms with Crippen LogP contribution in [0, 0.1) is 6.92 Å². The fourth-order valence-corrected chi connectivity index (χ4v) is 2.31. The summed E-state index contributed by atoms with van der Waals surface area (Å²) in [6.07, 6.45) is 1.10. The van der Waals surface area contributed by atoms with Gasteiger partial charge in [0.05, 0.1) is 4.47 Å². The van der Waals surface area contributed by atoms with E-state index in [0.717, 1.165) is 35.3 Å². The minimum Gasteiger partial charge on any atom is -0.484 e. The molecule has 0 saturated carbocycles. The van der Waals surface area contributed by atoms with Crippen LogP contribution in [0.25, 0.3) is 0 Å². The van der Waals surface area contributed by atoms with Crippen molar-refractivity contribution in [1.82, 2.24) is 15.5 Å². The van der Waals surface area contributed by atoms with Crippen LogP contribution in [0.1, 0.15) is 30.6 Å². The van der Waals surface area contributed by atoms with E-state index < -0.39 is 0 Å². The van der Waals surface area contributed by atoms with E-state index in [9.17, 15) is 0 Å². The minimum atomic E-state index is 0.292. The van der Waals surface area contributed by atoms with Crippen LogP contribution in [0.2, 0.25) is 0 Å². The van der Waals surface area contributed by atoms with Gasteiger partial charge >= 0.3 is 0 Å². The van der Waals surface area contributed by atoms with Crippen LogP contribution in [-0.2, 0) is 13.2 Å². The molecule has 0 saturated heterocycles. The number of nitrogens with zero attached hydrogens (tertiary/aromatic N) is 2. The van der Waals surface area contributed by atoms with Crippen LogP contribution in [0.15, 0.2) is 27.2 Å². The number of ether oxygens (including phenoxy) is 1. The van der Waals surface area contributed by atoms with Crippen molar-refractivity contribution in [1.29, 1.82) is 0 Å². The number of benzene rings is 1. The largest absolute Gasteiger partial charge is 0.484 e. The van der Waals surface area contributed by atoms with E-state index in [0.29, 0.717) is 18.3 Å². The minimum absolute atomic E-state index is 0.292. The van der Waals surface area contributed by atoms with Gasteiger partial charge in [0.2, 0.25) is 11.7 Å². The van der Waals surface area contributed by atoms with Crippen LogP contribution >= 0.6 is 15.9 Å². The van der Waals surface area contributed by atoms with Gasteiger partial charge < -0.3 is 14.6 Å². The highest BCUT2D eigenvalue weighted by molar-refractivity contribution is 9.10. The Balaban J connectivity index is 2.04. The molecule has 0 aliphatic rings. The van der Waals surface area contributed by atoms with Crippen molar-refractivity contribution in [2.75, 3.05) is 6.54 Å². The van der Waals surface area contributed by atoms with Gasteiger partial charge in [0, 0.05) is 19.0 Å². The van der Waals surface area contributed by atoms with E-state index >= 15 is 0 Å². The first kappa shape index (κ1) is 15.0. The predicted molar refractivity (Wildman–Crippen MR) is 79.5 cm³/mol. The smallest absolute Gasteiger partial charge is 0.223 e. The molecule has 0 aliphatic heterocycles. The molecule has 108 valence electrons. The Bertz CT molecular complexity index is 557. The number of rotatable bonds is 7. The van der Waals surface area contributed by atoms with Crippen molar-refractivity contribution < 1.29 is 9.26 Å². The van der Waals surface area contributed by atoms with E-state index in [4.69, 9.17) is 9.26 Å². The van der Waals surface area contributed by atoms with Gasteiger partial charge in [-0.2, -0.15) is 4.98 Å². The van der Waals surface area contributed by atoms with E-state index in [2.05, 4.69) is 38.3 Å². The lowest BCUT2D eigenvalue weighted by molar-refractivity contribution is 0.281. The van der Waals surface area contributed by atoms with Gasteiger partial charge in [-0.05, 0) is 35.0 Å². The average molecular weight is 340 g/mol. The zero-order valence-electron chi connectivity index (χ0n) is 11.6. The Kier molecular flexibility index (Phi) is 5.55. The molecule has 5 nitrogen and oxygen atoms in total. The second-order valence-electron chi connectivity index (χ2n) is 4.42. The molecule has 1 aromatic carbocycles. The fraction of sp³-hybridized carbons (Fsp3) is 0.429. The van der Waals surface area contributed by atoms with E-state index in [1.54, 1.807) is 6.92 Å². The van der Waals surface area contributed by atoms with Gasteiger partial charge in [0.1, 0.15) is 5.75 Å². The lowest BCUT2D eigenvalue weighted by atomic mass is 10.2.